The zero-order chi connectivity index (χ0) is 13.2. The van der Waals surface area contributed by atoms with E-state index in [1.165, 1.54) is 11.8 Å². The number of aryl methyl sites for hydroxylation is 1. The van der Waals surface area contributed by atoms with Crippen LogP contribution in [0.1, 0.15) is 18.4 Å². The molecule has 0 spiro atoms. The van der Waals surface area contributed by atoms with E-state index in [2.05, 4.69) is 36.8 Å². The summed E-state index contributed by atoms with van der Waals surface area (Å²) in [5.74, 6) is 0.816. The molecule has 2 N–H and O–H groups in total. The van der Waals surface area contributed by atoms with Crippen molar-refractivity contribution in [2.75, 3.05) is 6.54 Å². The van der Waals surface area contributed by atoms with E-state index < -0.39 is 0 Å². The SMILES string of the molecule is CCNCc1c(Sc2n[nH]c(C)n2)nc2sccn12. The van der Waals surface area contributed by atoms with Gasteiger partial charge in [0.1, 0.15) is 10.9 Å². The maximum Gasteiger partial charge on any atom is 0.214 e. The molecular formula is C11H14N6S2. The van der Waals surface area contributed by atoms with Crippen LogP contribution in [0.25, 0.3) is 4.96 Å². The highest BCUT2D eigenvalue weighted by atomic mass is 32.2. The van der Waals surface area contributed by atoms with Crippen molar-refractivity contribution in [3.63, 3.8) is 0 Å². The van der Waals surface area contributed by atoms with E-state index in [1.807, 2.05) is 18.5 Å². The molecular weight excluding hydrogens is 280 g/mol. The van der Waals surface area contributed by atoms with Crippen LogP contribution in [0, 0.1) is 6.92 Å². The first-order valence-corrected chi connectivity index (χ1v) is 7.69. The second-order valence-electron chi connectivity index (χ2n) is 4.01. The van der Waals surface area contributed by atoms with E-state index in [-0.39, 0.29) is 0 Å². The fourth-order valence-corrected chi connectivity index (χ4v) is 3.41. The van der Waals surface area contributed by atoms with Gasteiger partial charge in [0.15, 0.2) is 4.96 Å². The molecule has 0 saturated heterocycles. The van der Waals surface area contributed by atoms with Crippen LogP contribution in [0.15, 0.2) is 21.8 Å². The highest BCUT2D eigenvalue weighted by Crippen LogP contribution is 2.29. The van der Waals surface area contributed by atoms with Crippen LogP contribution in [0.3, 0.4) is 0 Å². The van der Waals surface area contributed by atoms with Gasteiger partial charge in [0.2, 0.25) is 5.16 Å². The molecule has 0 radical (unpaired) electrons. The Balaban J connectivity index is 1.94. The molecule has 0 unspecified atom stereocenters. The Hall–Kier alpha value is -1.38. The number of hydrogen-bond donors (Lipinski definition) is 2. The zero-order valence-electron chi connectivity index (χ0n) is 10.7. The Labute approximate surface area is 118 Å². The molecule has 19 heavy (non-hydrogen) atoms. The number of fused-ring (bicyclic) bond motifs is 1. The van der Waals surface area contributed by atoms with Crippen molar-refractivity contribution in [3.8, 4) is 0 Å². The molecule has 3 aromatic rings. The fourth-order valence-electron chi connectivity index (χ4n) is 1.75. The Kier molecular flexibility index (Phi) is 3.54. The van der Waals surface area contributed by atoms with E-state index in [0.717, 1.165) is 34.6 Å². The third-order valence-electron chi connectivity index (χ3n) is 2.63. The number of nitrogens with zero attached hydrogens (tertiary/aromatic N) is 4. The van der Waals surface area contributed by atoms with Crippen molar-refractivity contribution in [2.24, 2.45) is 0 Å². The maximum absolute atomic E-state index is 4.64. The first-order valence-electron chi connectivity index (χ1n) is 6.00. The number of rotatable bonds is 5. The van der Waals surface area contributed by atoms with Crippen LogP contribution in [0.5, 0.6) is 0 Å². The maximum atomic E-state index is 4.64. The number of H-pyrrole nitrogens is 1. The first-order chi connectivity index (χ1) is 9.28. The summed E-state index contributed by atoms with van der Waals surface area (Å²) in [5, 5.41) is 14.1. The third kappa shape index (κ3) is 2.51. The zero-order valence-corrected chi connectivity index (χ0v) is 12.3. The molecule has 3 heterocycles. The quantitative estimate of drug-likeness (QED) is 0.754. The number of hydrogen-bond acceptors (Lipinski definition) is 6. The van der Waals surface area contributed by atoms with E-state index in [9.17, 15) is 0 Å². The number of aromatic nitrogens is 5. The summed E-state index contributed by atoms with van der Waals surface area (Å²) in [6, 6.07) is 0. The summed E-state index contributed by atoms with van der Waals surface area (Å²) < 4.78 is 2.12. The Morgan fingerprint density at radius 2 is 2.37 bits per heavy atom. The minimum atomic E-state index is 0.709. The predicted octanol–water partition coefficient (Wildman–Crippen LogP) is 2.08. The monoisotopic (exact) mass is 294 g/mol. The minimum Gasteiger partial charge on any atom is -0.311 e. The molecule has 0 saturated carbocycles. The fraction of sp³-hybridized carbons (Fsp3) is 0.364. The van der Waals surface area contributed by atoms with Gasteiger partial charge in [-0.25, -0.2) is 9.97 Å². The Morgan fingerprint density at radius 3 is 3.11 bits per heavy atom. The van der Waals surface area contributed by atoms with Gasteiger partial charge in [-0.1, -0.05) is 6.92 Å². The summed E-state index contributed by atoms with van der Waals surface area (Å²) >= 11 is 3.13. The molecule has 0 amide bonds. The molecule has 0 aliphatic carbocycles. The van der Waals surface area contributed by atoms with E-state index in [0.29, 0.717) is 5.16 Å². The summed E-state index contributed by atoms with van der Waals surface area (Å²) in [5.41, 5.74) is 1.16. The van der Waals surface area contributed by atoms with Crippen LogP contribution >= 0.6 is 23.1 Å². The first kappa shape index (κ1) is 12.6. The van der Waals surface area contributed by atoms with Crippen molar-refractivity contribution in [1.82, 2.24) is 29.9 Å². The number of thiazole rings is 1. The van der Waals surface area contributed by atoms with Crippen LogP contribution in [-0.2, 0) is 6.54 Å². The van der Waals surface area contributed by atoms with Gasteiger partial charge in [0.05, 0.1) is 5.69 Å². The highest BCUT2D eigenvalue weighted by Gasteiger charge is 2.15. The Bertz CT molecular complexity index is 682. The van der Waals surface area contributed by atoms with Gasteiger partial charge in [0.25, 0.3) is 0 Å². The normalized spacial score (nSPS) is 11.5. The lowest BCUT2D eigenvalue weighted by atomic mass is 10.4. The molecule has 0 fully saturated rings. The van der Waals surface area contributed by atoms with E-state index in [4.69, 9.17) is 0 Å². The third-order valence-corrected chi connectivity index (χ3v) is 4.27. The van der Waals surface area contributed by atoms with E-state index >= 15 is 0 Å². The predicted molar refractivity (Wildman–Crippen MR) is 75.7 cm³/mol. The van der Waals surface area contributed by atoms with Gasteiger partial charge in [-0.05, 0) is 25.2 Å². The lowest BCUT2D eigenvalue weighted by Gasteiger charge is -2.02. The average molecular weight is 294 g/mol. The molecule has 8 heteroatoms. The van der Waals surface area contributed by atoms with Crippen molar-refractivity contribution < 1.29 is 0 Å². The standard InChI is InChI=1S/C11H14N6S2/c1-3-12-6-8-9(14-11-17(8)4-5-18-11)19-10-13-7(2)15-16-10/h4-5,12H,3,6H2,1-2H3,(H,13,15,16). The van der Waals surface area contributed by atoms with Gasteiger partial charge >= 0.3 is 0 Å². The molecule has 3 aromatic heterocycles. The van der Waals surface area contributed by atoms with Crippen LogP contribution in [0.2, 0.25) is 0 Å². The van der Waals surface area contributed by atoms with Gasteiger partial charge in [-0.3, -0.25) is 9.50 Å². The van der Waals surface area contributed by atoms with Crippen molar-refractivity contribution in [2.45, 2.75) is 30.6 Å². The Morgan fingerprint density at radius 1 is 1.47 bits per heavy atom. The second-order valence-corrected chi connectivity index (χ2v) is 5.83. The number of aromatic amines is 1. The van der Waals surface area contributed by atoms with Crippen LogP contribution in [-0.4, -0.2) is 31.1 Å². The molecule has 0 aromatic carbocycles. The molecule has 3 rings (SSSR count). The van der Waals surface area contributed by atoms with Crippen LogP contribution < -0.4 is 5.32 Å². The van der Waals surface area contributed by atoms with Gasteiger partial charge < -0.3 is 5.32 Å². The lowest BCUT2D eigenvalue weighted by Crippen LogP contribution is -2.13. The summed E-state index contributed by atoms with van der Waals surface area (Å²) in [6.07, 6.45) is 2.05. The molecule has 100 valence electrons. The molecule has 0 atom stereocenters. The molecule has 0 aliphatic heterocycles. The minimum absolute atomic E-state index is 0.709. The van der Waals surface area contributed by atoms with Crippen LogP contribution in [0.4, 0.5) is 0 Å². The van der Waals surface area contributed by atoms with Crippen molar-refractivity contribution in [3.05, 3.63) is 23.1 Å². The summed E-state index contributed by atoms with van der Waals surface area (Å²) in [7, 11) is 0. The summed E-state index contributed by atoms with van der Waals surface area (Å²) in [6.45, 7) is 5.71. The lowest BCUT2D eigenvalue weighted by molar-refractivity contribution is 0.694. The summed E-state index contributed by atoms with van der Waals surface area (Å²) in [4.78, 5) is 9.96. The molecule has 6 nitrogen and oxygen atoms in total. The van der Waals surface area contributed by atoms with E-state index in [1.54, 1.807) is 11.3 Å². The largest absolute Gasteiger partial charge is 0.311 e. The highest BCUT2D eigenvalue weighted by molar-refractivity contribution is 7.99. The smallest absolute Gasteiger partial charge is 0.214 e. The van der Waals surface area contributed by atoms with Gasteiger partial charge in [0, 0.05) is 18.1 Å². The second kappa shape index (κ2) is 5.32. The topological polar surface area (TPSA) is 70.9 Å². The van der Waals surface area contributed by atoms with Gasteiger partial charge in [-0.15, -0.1) is 16.4 Å². The van der Waals surface area contributed by atoms with Gasteiger partial charge in [-0.2, -0.15) is 0 Å². The van der Waals surface area contributed by atoms with Crippen molar-refractivity contribution >= 4 is 28.1 Å². The van der Waals surface area contributed by atoms with Crippen molar-refractivity contribution in [1.29, 1.82) is 0 Å². The number of nitrogens with one attached hydrogen (secondary N) is 2. The molecule has 0 bridgehead atoms. The number of imidazole rings is 1. The molecule has 0 aliphatic rings. The average Bonchev–Trinajstić information content (AvgIpc) is 3.05.